The molecule has 1 fully saturated rings. The number of hydrogen-bond donors (Lipinski definition) is 2. The lowest BCUT2D eigenvalue weighted by Gasteiger charge is -2.23. The van der Waals surface area contributed by atoms with Gasteiger partial charge in [0.15, 0.2) is 0 Å². The number of para-hydroxylation sites is 1. The van der Waals surface area contributed by atoms with E-state index in [1.165, 1.54) is 12.3 Å². The second-order valence-electron chi connectivity index (χ2n) is 5.52. The minimum atomic E-state index is -1.05. The molecule has 112 valence electrons. The fourth-order valence-corrected chi connectivity index (χ4v) is 3.04. The number of aromatic amines is 1. The molecule has 1 saturated heterocycles. The Morgan fingerprint density at radius 3 is 3.05 bits per heavy atom. The maximum atomic E-state index is 13.9. The van der Waals surface area contributed by atoms with Gasteiger partial charge in [-0.2, -0.15) is 15.4 Å². The summed E-state index contributed by atoms with van der Waals surface area (Å²) in [4.78, 5) is 6.13. The fraction of sp³-hybridized carbons (Fsp3) is 0.267. The van der Waals surface area contributed by atoms with E-state index in [2.05, 4.69) is 20.4 Å². The zero-order chi connectivity index (χ0) is 15.2. The molecule has 0 unspecified atom stereocenters. The van der Waals surface area contributed by atoms with E-state index < -0.39 is 5.60 Å². The van der Waals surface area contributed by atoms with Crippen LogP contribution in [0.4, 0.5) is 10.1 Å². The van der Waals surface area contributed by atoms with Crippen molar-refractivity contribution < 1.29 is 9.50 Å². The first kappa shape index (κ1) is 13.1. The van der Waals surface area contributed by atoms with Crippen LogP contribution in [0.3, 0.4) is 0 Å². The van der Waals surface area contributed by atoms with Crippen molar-refractivity contribution >= 4 is 16.6 Å². The van der Waals surface area contributed by atoms with Crippen molar-refractivity contribution in [2.45, 2.75) is 12.0 Å². The Morgan fingerprint density at radius 1 is 1.32 bits per heavy atom. The van der Waals surface area contributed by atoms with Crippen LogP contribution in [-0.2, 0) is 5.60 Å². The molecule has 1 atom stereocenters. The van der Waals surface area contributed by atoms with Crippen molar-refractivity contribution in [3.8, 4) is 0 Å². The van der Waals surface area contributed by atoms with Crippen LogP contribution in [0.1, 0.15) is 12.1 Å². The molecule has 0 bridgehead atoms. The Kier molecular flexibility index (Phi) is 2.83. The summed E-state index contributed by atoms with van der Waals surface area (Å²) in [5.74, 6) is -0.342. The molecule has 1 aliphatic heterocycles. The summed E-state index contributed by atoms with van der Waals surface area (Å²) >= 11 is 0. The number of pyridine rings is 1. The zero-order valence-corrected chi connectivity index (χ0v) is 11.7. The van der Waals surface area contributed by atoms with E-state index in [1.807, 2.05) is 17.0 Å². The summed E-state index contributed by atoms with van der Waals surface area (Å²) in [5, 5.41) is 21.8. The Hall–Kier alpha value is -2.54. The highest BCUT2D eigenvalue weighted by Gasteiger charge is 2.40. The predicted octanol–water partition coefficient (Wildman–Crippen LogP) is 1.59. The van der Waals surface area contributed by atoms with Gasteiger partial charge in [0.05, 0.1) is 12.7 Å². The van der Waals surface area contributed by atoms with E-state index in [-0.39, 0.29) is 5.82 Å². The van der Waals surface area contributed by atoms with Crippen molar-refractivity contribution in [2.75, 3.05) is 18.0 Å². The van der Waals surface area contributed by atoms with E-state index in [1.54, 1.807) is 12.3 Å². The van der Waals surface area contributed by atoms with E-state index >= 15 is 0 Å². The SMILES string of the molecule is O[C@]1(c2cn[nH]n2)CCN(c2ccnc3c(F)cccc23)C1. The number of benzene rings is 1. The number of aliphatic hydroxyl groups is 1. The standard InChI is InChI=1S/C15H14FN5O/c16-11-3-1-2-10-12(4-6-17-14(10)11)21-7-5-15(22,9-21)13-8-18-20-19-13/h1-4,6,8,22H,5,7,9H2,(H,18,19,20)/t15-/m1/s1. The largest absolute Gasteiger partial charge is 0.381 e. The first-order valence-electron chi connectivity index (χ1n) is 7.04. The first-order chi connectivity index (χ1) is 10.7. The van der Waals surface area contributed by atoms with Gasteiger partial charge in [-0.05, 0) is 12.1 Å². The first-order valence-corrected chi connectivity index (χ1v) is 7.04. The number of halogens is 1. The second-order valence-corrected chi connectivity index (χ2v) is 5.52. The molecule has 6 nitrogen and oxygen atoms in total. The number of nitrogens with one attached hydrogen (secondary N) is 1. The molecule has 0 saturated carbocycles. The number of anilines is 1. The molecule has 2 N–H and O–H groups in total. The maximum absolute atomic E-state index is 13.9. The molecular weight excluding hydrogens is 285 g/mol. The second kappa shape index (κ2) is 4.74. The van der Waals surface area contributed by atoms with Crippen LogP contribution in [0.2, 0.25) is 0 Å². The third-order valence-corrected chi connectivity index (χ3v) is 4.18. The van der Waals surface area contributed by atoms with Crippen molar-refractivity contribution in [3.63, 3.8) is 0 Å². The van der Waals surface area contributed by atoms with Gasteiger partial charge in [0.25, 0.3) is 0 Å². The normalized spacial score (nSPS) is 21.6. The van der Waals surface area contributed by atoms with E-state index in [4.69, 9.17) is 0 Å². The molecule has 4 rings (SSSR count). The molecule has 0 amide bonds. The van der Waals surface area contributed by atoms with Gasteiger partial charge in [-0.3, -0.25) is 4.98 Å². The summed E-state index contributed by atoms with van der Waals surface area (Å²) in [6, 6.07) is 6.75. The van der Waals surface area contributed by atoms with Gasteiger partial charge in [-0.15, -0.1) is 0 Å². The van der Waals surface area contributed by atoms with Crippen LogP contribution in [0.15, 0.2) is 36.7 Å². The highest BCUT2D eigenvalue weighted by molar-refractivity contribution is 5.92. The number of H-pyrrole nitrogens is 1. The van der Waals surface area contributed by atoms with E-state index in [0.717, 1.165) is 11.1 Å². The molecule has 7 heteroatoms. The number of nitrogens with zero attached hydrogens (tertiary/aromatic N) is 4. The number of β-amino-alcohol motifs (C(OH)–C–C–N with tert-alkyl or cyclic N) is 1. The van der Waals surface area contributed by atoms with Crippen LogP contribution >= 0.6 is 0 Å². The van der Waals surface area contributed by atoms with Gasteiger partial charge in [0, 0.05) is 30.2 Å². The molecule has 3 heterocycles. The Labute approximate surface area is 125 Å². The topological polar surface area (TPSA) is 77.9 Å². The average molecular weight is 299 g/mol. The highest BCUT2D eigenvalue weighted by atomic mass is 19.1. The van der Waals surface area contributed by atoms with Crippen molar-refractivity contribution in [1.82, 2.24) is 20.4 Å². The predicted molar refractivity (Wildman–Crippen MR) is 78.8 cm³/mol. The van der Waals surface area contributed by atoms with Gasteiger partial charge in [-0.1, -0.05) is 12.1 Å². The molecule has 0 aliphatic carbocycles. The Morgan fingerprint density at radius 2 is 2.23 bits per heavy atom. The van der Waals surface area contributed by atoms with Crippen LogP contribution < -0.4 is 4.90 Å². The summed E-state index contributed by atoms with van der Waals surface area (Å²) in [6.07, 6.45) is 3.67. The quantitative estimate of drug-likeness (QED) is 0.751. The molecule has 1 aromatic carbocycles. The van der Waals surface area contributed by atoms with Gasteiger partial charge < -0.3 is 10.0 Å². The molecule has 3 aromatic rings. The molecular formula is C15H14FN5O. The van der Waals surface area contributed by atoms with Gasteiger partial charge in [0.2, 0.25) is 0 Å². The van der Waals surface area contributed by atoms with Gasteiger partial charge in [-0.25, -0.2) is 4.39 Å². The van der Waals surface area contributed by atoms with Crippen molar-refractivity contribution in [2.24, 2.45) is 0 Å². The summed E-state index contributed by atoms with van der Waals surface area (Å²) < 4.78 is 13.9. The lowest BCUT2D eigenvalue weighted by Crippen LogP contribution is -2.31. The number of aromatic nitrogens is 4. The van der Waals surface area contributed by atoms with Gasteiger partial charge >= 0.3 is 0 Å². The van der Waals surface area contributed by atoms with Crippen LogP contribution in [0.25, 0.3) is 10.9 Å². The zero-order valence-electron chi connectivity index (χ0n) is 11.7. The smallest absolute Gasteiger partial charge is 0.149 e. The number of rotatable bonds is 2. The van der Waals surface area contributed by atoms with Crippen LogP contribution in [0.5, 0.6) is 0 Å². The summed E-state index contributed by atoms with van der Waals surface area (Å²) in [7, 11) is 0. The van der Waals surface area contributed by atoms with Crippen LogP contribution in [-0.4, -0.2) is 38.6 Å². The summed E-state index contributed by atoms with van der Waals surface area (Å²) in [6.45, 7) is 1.04. The van der Waals surface area contributed by atoms with Gasteiger partial charge in [0.1, 0.15) is 22.6 Å². The third-order valence-electron chi connectivity index (χ3n) is 4.18. The summed E-state index contributed by atoms with van der Waals surface area (Å²) in [5.41, 5.74) is 0.691. The minimum absolute atomic E-state index is 0.342. The average Bonchev–Trinajstić information content (AvgIpc) is 3.18. The lowest BCUT2D eigenvalue weighted by atomic mass is 10.00. The van der Waals surface area contributed by atoms with E-state index in [9.17, 15) is 9.50 Å². The fourth-order valence-electron chi connectivity index (χ4n) is 3.04. The Balaban J connectivity index is 1.74. The molecule has 0 radical (unpaired) electrons. The number of fused-ring (bicyclic) bond motifs is 1. The van der Waals surface area contributed by atoms with Crippen molar-refractivity contribution in [1.29, 1.82) is 0 Å². The molecule has 1 aliphatic rings. The molecule has 2 aromatic heterocycles. The Bertz CT molecular complexity index is 822. The van der Waals surface area contributed by atoms with E-state index in [0.29, 0.717) is 30.7 Å². The maximum Gasteiger partial charge on any atom is 0.149 e. The third kappa shape index (κ3) is 1.93. The lowest BCUT2D eigenvalue weighted by molar-refractivity contribution is 0.0560. The molecule has 22 heavy (non-hydrogen) atoms. The minimum Gasteiger partial charge on any atom is -0.381 e. The monoisotopic (exact) mass is 299 g/mol. The highest BCUT2D eigenvalue weighted by Crippen LogP contribution is 2.36. The van der Waals surface area contributed by atoms with Crippen LogP contribution in [0, 0.1) is 5.82 Å². The number of hydrogen-bond acceptors (Lipinski definition) is 5. The molecule has 0 spiro atoms. The van der Waals surface area contributed by atoms with Crippen molar-refractivity contribution in [3.05, 3.63) is 48.2 Å².